The van der Waals surface area contributed by atoms with Crippen LogP contribution in [0.5, 0.6) is 0 Å². The van der Waals surface area contributed by atoms with E-state index in [1.165, 1.54) is 0 Å². The Morgan fingerprint density at radius 1 is 1.19 bits per heavy atom. The number of carbonyl (C=O) groups is 2. The highest BCUT2D eigenvalue weighted by atomic mass is 16.2. The Labute approximate surface area is 156 Å². The molecular weight excluding hydrogens is 326 g/mol. The first-order chi connectivity index (χ1) is 12.4. The molecule has 5 nitrogen and oxygen atoms in total. The van der Waals surface area contributed by atoms with Gasteiger partial charge in [-0.2, -0.15) is 0 Å². The molecule has 0 saturated carbocycles. The van der Waals surface area contributed by atoms with Crippen LogP contribution in [0, 0.1) is 6.92 Å². The Morgan fingerprint density at radius 2 is 1.85 bits per heavy atom. The molecule has 5 heteroatoms. The maximum atomic E-state index is 12.8. The summed E-state index contributed by atoms with van der Waals surface area (Å²) in [5.74, 6) is -0.963. The number of ketones is 1. The van der Waals surface area contributed by atoms with Gasteiger partial charge in [-0.25, -0.2) is 0 Å². The number of Topliss-reactive ketones (excluding diaryl/α,β-unsaturated/α-hetero) is 1. The van der Waals surface area contributed by atoms with Gasteiger partial charge in [0.05, 0.1) is 5.56 Å². The standard InChI is InChI=1S/C21H31N3O2/c1-6-24(7-2)14-10-11-15(3)22-21(26)20(25)19-16(4)23(5)18-13-9-8-12-17(18)19/h8-9,12-13,15H,6-7,10-11,14H2,1-5H3,(H,22,26)/t15-/m0/s1. The predicted octanol–water partition coefficient (Wildman–Crippen LogP) is 3.30. The second kappa shape index (κ2) is 8.99. The fourth-order valence-corrected chi connectivity index (χ4v) is 3.44. The van der Waals surface area contributed by atoms with E-state index < -0.39 is 11.7 Å². The fraction of sp³-hybridized carbons (Fsp3) is 0.524. The minimum absolute atomic E-state index is 0.0164. The second-order valence-electron chi connectivity index (χ2n) is 6.91. The quantitative estimate of drug-likeness (QED) is 0.553. The Bertz CT molecular complexity index is 775. The highest BCUT2D eigenvalue weighted by molar-refractivity contribution is 6.45. The highest BCUT2D eigenvalue weighted by Gasteiger charge is 2.24. The summed E-state index contributed by atoms with van der Waals surface area (Å²) < 4.78 is 1.96. The SMILES string of the molecule is CCN(CC)CCC[C@H](C)NC(=O)C(=O)c1c(C)n(C)c2ccccc12. The molecule has 1 atom stereocenters. The van der Waals surface area contributed by atoms with Crippen LogP contribution in [-0.4, -0.2) is 46.8 Å². The van der Waals surface area contributed by atoms with Gasteiger partial charge < -0.3 is 14.8 Å². The van der Waals surface area contributed by atoms with Crippen LogP contribution < -0.4 is 5.32 Å². The molecule has 0 aliphatic rings. The van der Waals surface area contributed by atoms with Gasteiger partial charge in [-0.1, -0.05) is 32.0 Å². The lowest BCUT2D eigenvalue weighted by Gasteiger charge is -2.19. The average molecular weight is 357 g/mol. The molecule has 0 bridgehead atoms. The third-order valence-electron chi connectivity index (χ3n) is 5.22. The van der Waals surface area contributed by atoms with E-state index in [1.807, 2.05) is 49.7 Å². The van der Waals surface area contributed by atoms with Crippen molar-refractivity contribution >= 4 is 22.6 Å². The summed E-state index contributed by atoms with van der Waals surface area (Å²) in [7, 11) is 1.92. The van der Waals surface area contributed by atoms with Gasteiger partial charge in [0.25, 0.3) is 11.7 Å². The van der Waals surface area contributed by atoms with Gasteiger partial charge in [0.15, 0.2) is 0 Å². The van der Waals surface area contributed by atoms with Gasteiger partial charge in [0.2, 0.25) is 0 Å². The molecule has 0 saturated heterocycles. The van der Waals surface area contributed by atoms with Crippen molar-refractivity contribution in [3.05, 3.63) is 35.5 Å². The van der Waals surface area contributed by atoms with E-state index >= 15 is 0 Å². The largest absolute Gasteiger partial charge is 0.347 e. The average Bonchev–Trinajstić information content (AvgIpc) is 2.89. The molecule has 1 amide bonds. The number of benzene rings is 1. The summed E-state index contributed by atoms with van der Waals surface area (Å²) in [6, 6.07) is 7.68. The van der Waals surface area contributed by atoms with Crippen molar-refractivity contribution in [3.63, 3.8) is 0 Å². The fourth-order valence-electron chi connectivity index (χ4n) is 3.44. The number of aryl methyl sites for hydroxylation is 1. The first-order valence-corrected chi connectivity index (χ1v) is 9.52. The lowest BCUT2D eigenvalue weighted by molar-refractivity contribution is -0.117. The number of amides is 1. The molecule has 1 aromatic heterocycles. The molecule has 0 spiro atoms. The summed E-state index contributed by atoms with van der Waals surface area (Å²) in [5.41, 5.74) is 2.30. The number of hydrogen-bond donors (Lipinski definition) is 1. The zero-order chi connectivity index (χ0) is 19.3. The number of nitrogens with zero attached hydrogens (tertiary/aromatic N) is 2. The molecule has 0 radical (unpaired) electrons. The van der Waals surface area contributed by atoms with Crippen molar-refractivity contribution in [2.45, 2.75) is 46.6 Å². The minimum Gasteiger partial charge on any atom is -0.347 e. The number of carbonyl (C=O) groups excluding carboxylic acids is 2. The van der Waals surface area contributed by atoms with Crippen LogP contribution in [-0.2, 0) is 11.8 Å². The third-order valence-corrected chi connectivity index (χ3v) is 5.22. The maximum absolute atomic E-state index is 12.8. The van der Waals surface area contributed by atoms with Crippen LogP contribution in [0.2, 0.25) is 0 Å². The van der Waals surface area contributed by atoms with Crippen LogP contribution in [0.3, 0.4) is 0 Å². The van der Waals surface area contributed by atoms with Crippen LogP contribution >= 0.6 is 0 Å². The highest BCUT2D eigenvalue weighted by Crippen LogP contribution is 2.25. The van der Waals surface area contributed by atoms with Gasteiger partial charge in [-0.3, -0.25) is 9.59 Å². The van der Waals surface area contributed by atoms with E-state index in [1.54, 1.807) is 0 Å². The van der Waals surface area contributed by atoms with Crippen molar-refractivity contribution < 1.29 is 9.59 Å². The zero-order valence-electron chi connectivity index (χ0n) is 16.6. The molecule has 1 heterocycles. The molecule has 26 heavy (non-hydrogen) atoms. The topological polar surface area (TPSA) is 54.3 Å². The number of rotatable bonds is 9. The van der Waals surface area contributed by atoms with Gasteiger partial charge in [-0.15, -0.1) is 0 Å². The van der Waals surface area contributed by atoms with E-state index in [2.05, 4.69) is 24.1 Å². The number of hydrogen-bond acceptors (Lipinski definition) is 3. The lowest BCUT2D eigenvalue weighted by Crippen LogP contribution is -2.38. The molecular formula is C21H31N3O2. The van der Waals surface area contributed by atoms with Gasteiger partial charge in [0, 0.05) is 29.7 Å². The van der Waals surface area contributed by atoms with E-state index in [4.69, 9.17) is 0 Å². The Morgan fingerprint density at radius 3 is 2.50 bits per heavy atom. The molecule has 142 valence electrons. The molecule has 2 aromatic rings. The number of para-hydroxylation sites is 1. The monoisotopic (exact) mass is 357 g/mol. The summed E-state index contributed by atoms with van der Waals surface area (Å²) in [5, 5.41) is 3.71. The van der Waals surface area contributed by atoms with Crippen LogP contribution in [0.15, 0.2) is 24.3 Å². The Kier molecular flexibility index (Phi) is 6.98. The van der Waals surface area contributed by atoms with Crippen molar-refractivity contribution in [2.75, 3.05) is 19.6 Å². The molecule has 0 unspecified atom stereocenters. The summed E-state index contributed by atoms with van der Waals surface area (Å²) in [6.45, 7) is 11.2. The summed E-state index contributed by atoms with van der Waals surface area (Å²) in [6.07, 6.45) is 1.87. The van der Waals surface area contributed by atoms with Crippen LogP contribution in [0.4, 0.5) is 0 Å². The summed E-state index contributed by atoms with van der Waals surface area (Å²) >= 11 is 0. The molecule has 0 aliphatic heterocycles. The van der Waals surface area contributed by atoms with Crippen molar-refractivity contribution in [1.29, 1.82) is 0 Å². The van der Waals surface area contributed by atoms with Crippen molar-refractivity contribution in [1.82, 2.24) is 14.8 Å². The summed E-state index contributed by atoms with van der Waals surface area (Å²) in [4.78, 5) is 27.6. The smallest absolute Gasteiger partial charge is 0.292 e. The number of fused-ring (bicyclic) bond motifs is 1. The number of nitrogens with one attached hydrogen (secondary N) is 1. The molecule has 2 rings (SSSR count). The van der Waals surface area contributed by atoms with Crippen molar-refractivity contribution in [3.8, 4) is 0 Å². The van der Waals surface area contributed by atoms with E-state index in [-0.39, 0.29) is 6.04 Å². The molecule has 0 aliphatic carbocycles. The van der Waals surface area contributed by atoms with Gasteiger partial charge >= 0.3 is 0 Å². The normalized spacial score (nSPS) is 12.5. The lowest BCUT2D eigenvalue weighted by atomic mass is 10.1. The van der Waals surface area contributed by atoms with E-state index in [0.29, 0.717) is 5.56 Å². The van der Waals surface area contributed by atoms with E-state index in [9.17, 15) is 9.59 Å². The first kappa shape index (κ1) is 20.2. The van der Waals surface area contributed by atoms with E-state index in [0.717, 1.165) is 49.1 Å². The van der Waals surface area contributed by atoms with Gasteiger partial charge in [-0.05, 0) is 52.4 Å². The molecule has 0 fully saturated rings. The third kappa shape index (κ3) is 4.33. The second-order valence-corrected chi connectivity index (χ2v) is 6.91. The molecule has 1 N–H and O–H groups in total. The predicted molar refractivity (Wildman–Crippen MR) is 107 cm³/mol. The number of aromatic nitrogens is 1. The Balaban J connectivity index is 2.02. The Hall–Kier alpha value is -2.14. The minimum atomic E-state index is -0.514. The zero-order valence-corrected chi connectivity index (χ0v) is 16.6. The van der Waals surface area contributed by atoms with Gasteiger partial charge in [0.1, 0.15) is 0 Å². The first-order valence-electron chi connectivity index (χ1n) is 9.52. The van der Waals surface area contributed by atoms with Crippen LogP contribution in [0.1, 0.15) is 49.7 Å². The van der Waals surface area contributed by atoms with Crippen LogP contribution in [0.25, 0.3) is 10.9 Å². The molecule has 1 aromatic carbocycles. The van der Waals surface area contributed by atoms with Crippen molar-refractivity contribution in [2.24, 2.45) is 7.05 Å². The maximum Gasteiger partial charge on any atom is 0.292 e.